The molecule has 3 aromatic rings. The van der Waals surface area contributed by atoms with E-state index >= 15 is 0 Å². The molecular weight excluding hydrogens is 447 g/mol. The number of halogens is 1. The first-order valence-corrected chi connectivity index (χ1v) is 12.6. The van der Waals surface area contributed by atoms with Crippen LogP contribution in [-0.4, -0.2) is 56.2 Å². The van der Waals surface area contributed by atoms with Crippen LogP contribution < -0.4 is 5.32 Å². The Labute approximate surface area is 206 Å². The van der Waals surface area contributed by atoms with Gasteiger partial charge in [0, 0.05) is 62.2 Å². The van der Waals surface area contributed by atoms with Crippen molar-refractivity contribution in [3.05, 3.63) is 47.2 Å². The topological polar surface area (TPSA) is 88.1 Å². The van der Waals surface area contributed by atoms with Gasteiger partial charge in [0.25, 0.3) is 0 Å². The summed E-state index contributed by atoms with van der Waals surface area (Å²) in [6, 6.07) is 5.18. The molecule has 190 valence electrons. The minimum absolute atomic E-state index is 0.186. The molecule has 3 heterocycles. The zero-order valence-electron chi connectivity index (χ0n) is 21.1. The number of hydrogen-bond donors (Lipinski definition) is 2. The number of aromatic amines is 1. The number of H-pyrrole nitrogens is 1. The van der Waals surface area contributed by atoms with Crippen molar-refractivity contribution >= 4 is 17.0 Å². The Balaban J connectivity index is 1.30. The van der Waals surface area contributed by atoms with Gasteiger partial charge in [-0.2, -0.15) is 15.4 Å². The molecule has 1 amide bonds. The number of aryl methyl sites for hydroxylation is 1. The lowest BCUT2D eigenvalue weighted by Gasteiger charge is -2.28. The van der Waals surface area contributed by atoms with Crippen molar-refractivity contribution < 1.29 is 13.9 Å². The van der Waals surface area contributed by atoms with E-state index in [1.807, 2.05) is 26.8 Å². The second kappa shape index (κ2) is 11.2. The zero-order valence-corrected chi connectivity index (χ0v) is 21.1. The van der Waals surface area contributed by atoms with Crippen LogP contribution in [0.15, 0.2) is 24.4 Å². The van der Waals surface area contributed by atoms with Gasteiger partial charge in [0.2, 0.25) is 0 Å². The third-order valence-electron chi connectivity index (χ3n) is 6.42. The predicted octanol–water partition coefficient (Wildman–Crippen LogP) is 4.58. The smallest absolute Gasteiger partial charge is 0.407 e. The second-order valence-corrected chi connectivity index (χ2v) is 10.3. The van der Waals surface area contributed by atoms with Crippen LogP contribution in [0.5, 0.6) is 0 Å². The highest BCUT2D eigenvalue weighted by atomic mass is 19.1. The molecule has 9 heteroatoms. The van der Waals surface area contributed by atoms with Crippen molar-refractivity contribution in [1.82, 2.24) is 30.2 Å². The number of alkyl carbamates (subject to hydrolysis) is 1. The minimum Gasteiger partial charge on any atom is -0.444 e. The summed E-state index contributed by atoms with van der Waals surface area (Å²) in [6.07, 6.45) is 7.32. The van der Waals surface area contributed by atoms with Crippen molar-refractivity contribution in [2.24, 2.45) is 0 Å². The fourth-order valence-corrected chi connectivity index (χ4v) is 4.80. The van der Waals surface area contributed by atoms with Gasteiger partial charge < -0.3 is 14.6 Å². The van der Waals surface area contributed by atoms with E-state index in [9.17, 15) is 9.18 Å². The SMILES string of the molecule is CC(C)(C)OC(=O)NCCCCCCn1c2c(c3cc(F)ccc31)CN(CCc1cn[nH]n1)CC2. The van der Waals surface area contributed by atoms with Gasteiger partial charge in [-0.3, -0.25) is 4.90 Å². The molecular formula is C26H37FN6O2. The third kappa shape index (κ3) is 6.81. The Bertz CT molecular complexity index is 1120. The third-order valence-corrected chi connectivity index (χ3v) is 6.42. The lowest BCUT2D eigenvalue weighted by molar-refractivity contribution is 0.0527. The van der Waals surface area contributed by atoms with Gasteiger partial charge in [-0.25, -0.2) is 9.18 Å². The molecule has 0 unspecified atom stereocenters. The van der Waals surface area contributed by atoms with E-state index < -0.39 is 5.60 Å². The van der Waals surface area contributed by atoms with Gasteiger partial charge in [-0.05, 0) is 57.4 Å². The van der Waals surface area contributed by atoms with Gasteiger partial charge in [-0.1, -0.05) is 12.8 Å². The first kappa shape index (κ1) is 25.2. The van der Waals surface area contributed by atoms with E-state index in [1.165, 1.54) is 11.3 Å². The van der Waals surface area contributed by atoms with Crippen LogP contribution in [0, 0.1) is 5.82 Å². The van der Waals surface area contributed by atoms with Crippen molar-refractivity contribution in [3.8, 4) is 0 Å². The Morgan fingerprint density at radius 3 is 2.80 bits per heavy atom. The highest BCUT2D eigenvalue weighted by Crippen LogP contribution is 2.32. The number of fused-ring (bicyclic) bond motifs is 3. The maximum Gasteiger partial charge on any atom is 0.407 e. The fraction of sp³-hybridized carbons (Fsp3) is 0.577. The predicted molar refractivity (Wildman–Crippen MR) is 134 cm³/mol. The monoisotopic (exact) mass is 484 g/mol. The van der Waals surface area contributed by atoms with Crippen LogP contribution in [-0.2, 0) is 30.7 Å². The van der Waals surface area contributed by atoms with Crippen LogP contribution in [0.1, 0.15) is 63.4 Å². The summed E-state index contributed by atoms with van der Waals surface area (Å²) in [6.45, 7) is 9.86. The molecule has 0 radical (unpaired) electrons. The van der Waals surface area contributed by atoms with E-state index in [0.717, 1.165) is 81.3 Å². The molecule has 8 nitrogen and oxygen atoms in total. The average molecular weight is 485 g/mol. The standard InChI is InChI=1S/C26H37FN6O2/c1-26(2,3)35-25(34)28-12-6-4-5-7-13-33-23-9-8-19(27)16-21(23)22-18-32(15-11-24(22)33)14-10-20-17-29-31-30-20/h8-9,16-17H,4-7,10-15,18H2,1-3H3,(H,28,34)(H,29,30,31). The summed E-state index contributed by atoms with van der Waals surface area (Å²) in [4.78, 5) is 14.2. The summed E-state index contributed by atoms with van der Waals surface area (Å²) >= 11 is 0. The summed E-state index contributed by atoms with van der Waals surface area (Å²) in [5.41, 5.74) is 4.22. The molecule has 0 spiro atoms. The highest BCUT2D eigenvalue weighted by molar-refractivity contribution is 5.86. The maximum atomic E-state index is 14.1. The van der Waals surface area contributed by atoms with E-state index in [0.29, 0.717) is 6.54 Å². The largest absolute Gasteiger partial charge is 0.444 e. The Morgan fingerprint density at radius 1 is 1.20 bits per heavy atom. The molecule has 0 saturated carbocycles. The van der Waals surface area contributed by atoms with Crippen LogP contribution >= 0.6 is 0 Å². The molecule has 0 saturated heterocycles. The van der Waals surface area contributed by atoms with Gasteiger partial charge in [0.05, 0.1) is 11.9 Å². The van der Waals surface area contributed by atoms with Crippen LogP contribution in [0.25, 0.3) is 10.9 Å². The molecule has 2 aromatic heterocycles. The number of unbranched alkanes of at least 4 members (excludes halogenated alkanes) is 3. The lowest BCUT2D eigenvalue weighted by Crippen LogP contribution is -2.33. The average Bonchev–Trinajstić information content (AvgIpc) is 3.42. The normalized spacial score (nSPS) is 14.3. The van der Waals surface area contributed by atoms with Crippen molar-refractivity contribution in [3.63, 3.8) is 0 Å². The molecule has 0 fully saturated rings. The van der Waals surface area contributed by atoms with E-state index in [2.05, 4.69) is 30.2 Å². The number of ether oxygens (including phenoxy) is 1. The zero-order chi connectivity index (χ0) is 24.8. The number of carbonyl (C=O) groups is 1. The molecule has 0 bridgehead atoms. The Hall–Kier alpha value is -2.94. The minimum atomic E-state index is -0.472. The van der Waals surface area contributed by atoms with E-state index in [4.69, 9.17) is 4.74 Å². The van der Waals surface area contributed by atoms with E-state index in [-0.39, 0.29) is 11.9 Å². The van der Waals surface area contributed by atoms with Gasteiger partial charge in [0.1, 0.15) is 11.4 Å². The van der Waals surface area contributed by atoms with Gasteiger partial charge >= 0.3 is 6.09 Å². The fourth-order valence-electron chi connectivity index (χ4n) is 4.80. The lowest BCUT2D eigenvalue weighted by atomic mass is 10.0. The highest BCUT2D eigenvalue weighted by Gasteiger charge is 2.24. The number of rotatable bonds is 10. The number of aromatic nitrogens is 4. The number of benzene rings is 1. The number of amides is 1. The van der Waals surface area contributed by atoms with E-state index in [1.54, 1.807) is 18.3 Å². The molecule has 0 aliphatic carbocycles. The molecule has 1 aromatic carbocycles. The van der Waals surface area contributed by atoms with Crippen molar-refractivity contribution in [2.75, 3.05) is 19.6 Å². The van der Waals surface area contributed by atoms with Crippen molar-refractivity contribution in [2.45, 2.75) is 78.0 Å². The maximum absolute atomic E-state index is 14.1. The quantitative estimate of drug-likeness (QED) is 0.411. The molecule has 1 aliphatic heterocycles. The second-order valence-electron chi connectivity index (χ2n) is 10.3. The summed E-state index contributed by atoms with van der Waals surface area (Å²) in [5, 5.41) is 14.6. The number of nitrogens with one attached hydrogen (secondary N) is 2. The first-order chi connectivity index (χ1) is 16.8. The Kier molecular flexibility index (Phi) is 8.05. The Morgan fingerprint density at radius 2 is 2.03 bits per heavy atom. The first-order valence-electron chi connectivity index (χ1n) is 12.6. The molecule has 4 rings (SSSR count). The van der Waals surface area contributed by atoms with Gasteiger partial charge in [0.15, 0.2) is 0 Å². The molecule has 35 heavy (non-hydrogen) atoms. The number of carbonyl (C=O) groups excluding carboxylic acids is 1. The number of nitrogens with zero attached hydrogens (tertiary/aromatic N) is 4. The molecule has 2 N–H and O–H groups in total. The van der Waals surface area contributed by atoms with Crippen molar-refractivity contribution in [1.29, 1.82) is 0 Å². The molecule has 1 aliphatic rings. The molecule has 0 atom stereocenters. The summed E-state index contributed by atoms with van der Waals surface area (Å²) in [5.74, 6) is -0.186. The number of hydrogen-bond acceptors (Lipinski definition) is 5. The van der Waals surface area contributed by atoms with Crippen LogP contribution in [0.4, 0.5) is 9.18 Å². The van der Waals surface area contributed by atoms with Crippen LogP contribution in [0.2, 0.25) is 0 Å². The van der Waals surface area contributed by atoms with Crippen LogP contribution in [0.3, 0.4) is 0 Å². The summed E-state index contributed by atoms with van der Waals surface area (Å²) < 4.78 is 21.8. The van der Waals surface area contributed by atoms with Gasteiger partial charge in [-0.15, -0.1) is 0 Å². The summed E-state index contributed by atoms with van der Waals surface area (Å²) in [7, 11) is 0.